The van der Waals surface area contributed by atoms with Crippen LogP contribution in [0.3, 0.4) is 0 Å². The fourth-order valence-electron chi connectivity index (χ4n) is 3.53. The molecule has 3 N–H and O–H groups in total. The zero-order valence-electron chi connectivity index (χ0n) is 26.4. The van der Waals surface area contributed by atoms with E-state index in [1.807, 2.05) is 0 Å². The number of ether oxygens (including phenoxy) is 1. The number of nitrogens with one attached hydrogen (secondary N) is 3. The molecule has 0 aliphatic carbocycles. The van der Waals surface area contributed by atoms with Crippen molar-refractivity contribution in [2.24, 2.45) is 0 Å². The maximum Gasteiger partial charge on any atom is 0.241 e. The lowest BCUT2D eigenvalue weighted by Gasteiger charge is -2.20. The minimum Gasteiger partial charge on any atom is -0.492 e. The molecule has 1 aliphatic heterocycles. The van der Waals surface area contributed by atoms with Crippen LogP contribution in [-0.2, 0) is 10.0 Å². The van der Waals surface area contributed by atoms with Gasteiger partial charge in [-0.3, -0.25) is 4.90 Å². The van der Waals surface area contributed by atoms with Gasteiger partial charge in [0.15, 0.2) is 0 Å². The topological polar surface area (TPSA) is 108 Å². The van der Waals surface area contributed by atoms with Gasteiger partial charge < -0.3 is 15.4 Å². The highest BCUT2D eigenvalue weighted by Crippen LogP contribution is 2.24. The van der Waals surface area contributed by atoms with Crippen LogP contribution < -0.4 is 20.1 Å². The smallest absolute Gasteiger partial charge is 0.241 e. The van der Waals surface area contributed by atoms with Crippen LogP contribution in [0.1, 0.15) is 45.9 Å². The summed E-state index contributed by atoms with van der Waals surface area (Å²) in [4.78, 5) is 10.5. The Labute approximate surface area is 226 Å². The van der Waals surface area contributed by atoms with Gasteiger partial charge in [-0.15, -0.1) is 0 Å². The maximum absolute atomic E-state index is 12.8. The number of nitrogens with zero attached hydrogens (tertiary/aromatic N) is 3. The molecule has 0 amide bonds. The first-order valence-electron chi connectivity index (χ1n) is 14.4. The molecule has 1 aromatic heterocycles. The highest BCUT2D eigenvalue weighted by molar-refractivity contribution is 7.89. The van der Waals surface area contributed by atoms with E-state index in [-0.39, 0.29) is 36.7 Å². The number of benzene rings is 2. The highest BCUT2D eigenvalue weighted by Gasteiger charge is 2.22. The summed E-state index contributed by atoms with van der Waals surface area (Å²) in [7, 11) is -3.74. The van der Waals surface area contributed by atoms with E-state index in [9.17, 15) is 8.42 Å². The van der Waals surface area contributed by atoms with Crippen molar-refractivity contribution in [1.29, 1.82) is 0 Å². The monoisotopic (exact) mass is 529 g/mol. The first-order valence-corrected chi connectivity index (χ1v) is 13.4. The first kappa shape index (κ1) is 20.8. The van der Waals surface area contributed by atoms with E-state index >= 15 is 0 Å². The van der Waals surface area contributed by atoms with Crippen LogP contribution in [0.25, 0.3) is 0 Å². The summed E-state index contributed by atoms with van der Waals surface area (Å²) in [5.41, 5.74) is 0.993. The molecule has 198 valence electrons. The number of sulfonamides is 1. The van der Waals surface area contributed by atoms with Crippen molar-refractivity contribution < 1.29 is 20.0 Å². The lowest BCUT2D eigenvalue weighted by molar-refractivity contribution is 0.238. The van der Waals surface area contributed by atoms with E-state index in [1.165, 1.54) is 12.1 Å². The van der Waals surface area contributed by atoms with Gasteiger partial charge in [0.05, 0.1) is 6.27 Å². The van der Waals surface area contributed by atoms with Crippen LogP contribution in [0.5, 0.6) is 5.75 Å². The zero-order chi connectivity index (χ0) is 30.9. The van der Waals surface area contributed by atoms with Gasteiger partial charge in [0.2, 0.25) is 16.0 Å². The van der Waals surface area contributed by atoms with Crippen molar-refractivity contribution in [2.75, 3.05) is 36.9 Å². The Morgan fingerprint density at radius 1 is 1.08 bits per heavy atom. The normalized spacial score (nSPS) is 19.2. The van der Waals surface area contributed by atoms with Crippen LogP contribution in [-0.4, -0.2) is 55.1 Å². The van der Waals surface area contributed by atoms with Crippen LogP contribution >= 0.6 is 0 Å². The molecule has 1 aliphatic rings. The second-order valence-corrected chi connectivity index (χ2v) is 11.4. The van der Waals surface area contributed by atoms with Gasteiger partial charge in [-0.2, -0.15) is 4.98 Å². The highest BCUT2D eigenvalue weighted by atomic mass is 32.2. The average molecular weight is 530 g/mol. The molecule has 2 heterocycles. The van der Waals surface area contributed by atoms with Gasteiger partial charge in [0.1, 0.15) is 18.2 Å². The van der Waals surface area contributed by atoms with Crippen molar-refractivity contribution in [3.63, 3.8) is 0 Å². The fraction of sp³-hybridized carbons (Fsp3) is 0.407. The Morgan fingerprint density at radius 3 is 2.51 bits per heavy atom. The Hall–Kier alpha value is -3.21. The summed E-state index contributed by atoms with van der Waals surface area (Å²) < 4.78 is 73.6. The zero-order valence-corrected chi connectivity index (χ0v) is 22.2. The van der Waals surface area contributed by atoms with Gasteiger partial charge in [-0.1, -0.05) is 6.07 Å². The molecule has 0 spiro atoms. The summed E-state index contributed by atoms with van der Waals surface area (Å²) in [6.45, 7) is 7.74. The molecule has 2 aromatic carbocycles. The number of aromatic nitrogens is 2. The third-order valence-corrected chi connectivity index (χ3v) is 7.02. The molecule has 1 fully saturated rings. The molecule has 10 heteroatoms. The Balaban J connectivity index is 1.39. The summed E-state index contributed by atoms with van der Waals surface area (Å²) in [6.07, 6.45) is -3.77. The minimum atomic E-state index is -3.74. The molecule has 0 unspecified atom stereocenters. The van der Waals surface area contributed by atoms with Gasteiger partial charge >= 0.3 is 0 Å². The summed E-state index contributed by atoms with van der Waals surface area (Å²) in [5.74, 6) is 1.12. The Kier molecular flexibility index (Phi) is 6.44. The molecular formula is C27H36N6O3S. The predicted octanol–water partition coefficient (Wildman–Crippen LogP) is 4.82. The molecule has 0 radical (unpaired) electrons. The third-order valence-electron chi connectivity index (χ3n) is 5.27. The van der Waals surface area contributed by atoms with Crippen LogP contribution in [0, 0.1) is 6.92 Å². The van der Waals surface area contributed by atoms with Crippen molar-refractivity contribution in [2.45, 2.75) is 50.9 Å². The Morgan fingerprint density at radius 2 is 1.81 bits per heavy atom. The predicted molar refractivity (Wildman–Crippen MR) is 147 cm³/mol. The SMILES string of the molecule is [2H]c1nc(Nc2ccc(OCCN3CC([2H])([2H])C([2H])([2H])C3)cc2)nc(Nc2cccc(S(=O)(=O)NC(C)(C)C)c2)c1C. The number of rotatable bonds is 10. The van der Waals surface area contributed by atoms with E-state index in [4.69, 9.17) is 11.6 Å². The summed E-state index contributed by atoms with van der Waals surface area (Å²) in [6, 6.07) is 13.4. The van der Waals surface area contributed by atoms with E-state index in [1.54, 1.807) is 69.0 Å². The number of hydrogen-bond acceptors (Lipinski definition) is 8. The lowest BCUT2D eigenvalue weighted by Crippen LogP contribution is -2.40. The fourth-order valence-corrected chi connectivity index (χ4v) is 4.99. The Bertz CT molecular complexity index is 1520. The van der Waals surface area contributed by atoms with Gasteiger partial charge in [0.25, 0.3) is 0 Å². The molecule has 0 saturated carbocycles. The molecule has 1 saturated heterocycles. The van der Waals surface area contributed by atoms with Crippen molar-refractivity contribution in [1.82, 2.24) is 19.6 Å². The van der Waals surface area contributed by atoms with E-state index in [0.29, 0.717) is 35.1 Å². The minimum absolute atomic E-state index is 0.00352. The van der Waals surface area contributed by atoms with E-state index < -0.39 is 28.3 Å². The summed E-state index contributed by atoms with van der Waals surface area (Å²) >= 11 is 0. The number of likely N-dealkylation sites (tertiary alicyclic amines) is 1. The first-order chi connectivity index (χ1) is 19.4. The standard InChI is InChI=1S/C27H36N6O3S/c1-20-19-28-26(30-21-10-12-23(13-11-21)36-17-16-33-14-5-6-15-33)31-25(20)29-22-8-7-9-24(18-22)37(34,35)32-27(2,3)4/h7-13,18-19,32H,5-6,14-17H2,1-4H3,(H2,28,29,30,31)/i5D2,6D2,19D. The molecule has 9 nitrogen and oxygen atoms in total. The lowest BCUT2D eigenvalue weighted by atomic mass is 10.1. The average Bonchev–Trinajstić information content (AvgIpc) is 3.07. The van der Waals surface area contributed by atoms with Gasteiger partial charge in [0, 0.05) is 40.7 Å². The quantitative estimate of drug-likeness (QED) is 0.343. The molecule has 3 aromatic rings. The second-order valence-electron chi connectivity index (χ2n) is 9.70. The van der Waals surface area contributed by atoms with Crippen LogP contribution in [0.15, 0.2) is 59.6 Å². The molecule has 0 atom stereocenters. The molecular weight excluding hydrogens is 488 g/mol. The van der Waals surface area contributed by atoms with E-state index in [2.05, 4.69) is 25.3 Å². The van der Waals surface area contributed by atoms with Crippen LogP contribution in [0.4, 0.5) is 23.1 Å². The number of anilines is 4. The van der Waals surface area contributed by atoms with Crippen LogP contribution in [0.2, 0.25) is 0 Å². The van der Waals surface area contributed by atoms with Crippen molar-refractivity contribution in [3.8, 4) is 5.75 Å². The molecule has 0 bridgehead atoms. The maximum atomic E-state index is 12.8. The third kappa shape index (κ3) is 7.88. The number of hydrogen-bond donors (Lipinski definition) is 3. The second kappa shape index (κ2) is 11.5. The largest absolute Gasteiger partial charge is 0.492 e. The van der Waals surface area contributed by atoms with Crippen molar-refractivity contribution >= 4 is 33.2 Å². The molecule has 4 rings (SSSR count). The van der Waals surface area contributed by atoms with Gasteiger partial charge in [-0.05, 0) is 96.0 Å². The molecule has 37 heavy (non-hydrogen) atoms. The summed E-state index contributed by atoms with van der Waals surface area (Å²) in [5, 5.41) is 6.18. The van der Waals surface area contributed by atoms with Crippen molar-refractivity contribution in [3.05, 3.63) is 60.3 Å². The van der Waals surface area contributed by atoms with Gasteiger partial charge in [-0.25, -0.2) is 18.1 Å². The van der Waals surface area contributed by atoms with E-state index in [0.717, 1.165) is 0 Å².